The topological polar surface area (TPSA) is 78.9 Å². The Morgan fingerprint density at radius 3 is 2.19 bits per heavy atom. The van der Waals surface area contributed by atoms with Gasteiger partial charge in [-0.15, -0.1) is 0 Å². The van der Waals surface area contributed by atoms with Gasteiger partial charge in [-0.3, -0.25) is 4.79 Å². The van der Waals surface area contributed by atoms with Gasteiger partial charge in [0, 0.05) is 12.7 Å². The lowest BCUT2D eigenvalue weighted by Gasteiger charge is -2.34. The lowest BCUT2D eigenvalue weighted by molar-refractivity contribution is -0.125. The first-order chi connectivity index (χ1) is 10.0. The van der Waals surface area contributed by atoms with Gasteiger partial charge in [-0.2, -0.15) is 0 Å². The first-order valence-corrected chi connectivity index (χ1v) is 7.34. The van der Waals surface area contributed by atoms with E-state index in [0.29, 0.717) is 12.8 Å². The van der Waals surface area contributed by atoms with E-state index in [1.165, 1.54) is 0 Å². The highest BCUT2D eigenvalue weighted by molar-refractivity contribution is 6.12. The van der Waals surface area contributed by atoms with Crippen LogP contribution in [0.1, 0.15) is 39.5 Å². The van der Waals surface area contributed by atoms with E-state index in [1.807, 2.05) is 44.2 Å². The summed E-state index contributed by atoms with van der Waals surface area (Å²) in [6, 6.07) is 9.39. The Bertz CT molecular complexity index is 480. The fourth-order valence-electron chi connectivity index (χ4n) is 2.74. The smallest absolute Gasteiger partial charge is 0.240 e. The maximum Gasteiger partial charge on any atom is 0.240 e. The Balaban J connectivity index is 3.21. The summed E-state index contributed by atoms with van der Waals surface area (Å²) in [7, 11) is 1.72. The van der Waals surface area contributed by atoms with E-state index in [2.05, 4.69) is 5.16 Å². The van der Waals surface area contributed by atoms with Crippen molar-refractivity contribution >= 4 is 17.4 Å². The molecule has 1 amide bonds. The number of nitrogens with zero attached hydrogens (tertiary/aromatic N) is 2. The Labute approximate surface area is 126 Å². The van der Waals surface area contributed by atoms with E-state index in [-0.39, 0.29) is 11.7 Å². The number of rotatable bonds is 7. The third-order valence-electron chi connectivity index (χ3n) is 3.81. The van der Waals surface area contributed by atoms with Crippen molar-refractivity contribution in [2.75, 3.05) is 11.9 Å². The maximum absolute atomic E-state index is 13.0. The van der Waals surface area contributed by atoms with E-state index in [4.69, 9.17) is 10.9 Å². The predicted molar refractivity (Wildman–Crippen MR) is 85.5 cm³/mol. The number of amidine groups is 1. The highest BCUT2D eigenvalue weighted by Crippen LogP contribution is 2.34. The Morgan fingerprint density at radius 2 is 1.76 bits per heavy atom. The van der Waals surface area contributed by atoms with Crippen molar-refractivity contribution in [3.05, 3.63) is 30.3 Å². The molecular weight excluding hydrogens is 266 g/mol. The fourth-order valence-corrected chi connectivity index (χ4v) is 2.74. The summed E-state index contributed by atoms with van der Waals surface area (Å²) in [5, 5.41) is 12.3. The molecule has 116 valence electrons. The molecule has 1 rings (SSSR count). The number of benzene rings is 1. The molecule has 5 nitrogen and oxygen atoms in total. The molecule has 0 saturated heterocycles. The normalized spacial score (nSPS) is 12.2. The third-order valence-corrected chi connectivity index (χ3v) is 3.81. The molecule has 21 heavy (non-hydrogen) atoms. The quantitative estimate of drug-likeness (QED) is 0.351. The van der Waals surface area contributed by atoms with Gasteiger partial charge in [0.25, 0.3) is 0 Å². The molecule has 0 saturated carbocycles. The second-order valence-electron chi connectivity index (χ2n) is 5.27. The zero-order chi connectivity index (χ0) is 15.9. The summed E-state index contributed by atoms with van der Waals surface area (Å²) in [6.07, 6.45) is 2.69. The van der Waals surface area contributed by atoms with Crippen LogP contribution in [-0.2, 0) is 4.79 Å². The lowest BCUT2D eigenvalue weighted by Crippen LogP contribution is -2.50. The van der Waals surface area contributed by atoms with Crippen LogP contribution in [0.5, 0.6) is 0 Å². The van der Waals surface area contributed by atoms with Crippen LogP contribution >= 0.6 is 0 Å². The summed E-state index contributed by atoms with van der Waals surface area (Å²) in [4.78, 5) is 14.6. The Kier molecular flexibility index (Phi) is 6.21. The van der Waals surface area contributed by atoms with E-state index in [1.54, 1.807) is 11.9 Å². The molecule has 5 heteroatoms. The van der Waals surface area contributed by atoms with Gasteiger partial charge in [0.1, 0.15) is 5.41 Å². The number of oxime groups is 1. The van der Waals surface area contributed by atoms with Gasteiger partial charge >= 0.3 is 0 Å². The second kappa shape index (κ2) is 7.67. The van der Waals surface area contributed by atoms with Crippen molar-refractivity contribution in [1.82, 2.24) is 0 Å². The SMILES string of the molecule is CCCC(CCC)(C(=O)N(C)c1ccccc1)C(N)=NO. The number of carbonyl (C=O) groups excluding carboxylic acids is 1. The van der Waals surface area contributed by atoms with Crippen molar-refractivity contribution in [2.24, 2.45) is 16.3 Å². The summed E-state index contributed by atoms with van der Waals surface area (Å²) < 4.78 is 0. The van der Waals surface area contributed by atoms with E-state index >= 15 is 0 Å². The van der Waals surface area contributed by atoms with Gasteiger partial charge in [0.15, 0.2) is 5.84 Å². The zero-order valence-electron chi connectivity index (χ0n) is 13.0. The molecule has 0 aromatic heterocycles. The summed E-state index contributed by atoms with van der Waals surface area (Å²) in [5.74, 6) is -0.133. The number of anilines is 1. The van der Waals surface area contributed by atoms with Crippen LogP contribution < -0.4 is 10.6 Å². The molecule has 0 radical (unpaired) electrons. The molecule has 0 atom stereocenters. The number of hydrogen-bond acceptors (Lipinski definition) is 3. The van der Waals surface area contributed by atoms with Crippen molar-refractivity contribution in [3.63, 3.8) is 0 Å². The molecule has 0 spiro atoms. The van der Waals surface area contributed by atoms with Gasteiger partial charge < -0.3 is 15.8 Å². The number of para-hydroxylation sites is 1. The van der Waals surface area contributed by atoms with Gasteiger partial charge in [0.2, 0.25) is 5.91 Å². The van der Waals surface area contributed by atoms with E-state index < -0.39 is 5.41 Å². The summed E-state index contributed by atoms with van der Waals surface area (Å²) in [6.45, 7) is 3.98. The highest BCUT2D eigenvalue weighted by Gasteiger charge is 2.43. The fraction of sp³-hybridized carbons (Fsp3) is 0.500. The van der Waals surface area contributed by atoms with Gasteiger partial charge in [-0.1, -0.05) is 50.0 Å². The standard InChI is InChI=1S/C16H25N3O2/c1-4-11-16(12-5-2,14(17)18-21)15(20)19(3)13-9-7-6-8-10-13/h6-10,21H,4-5,11-12H2,1-3H3,(H2,17,18). The number of amides is 1. The molecule has 0 heterocycles. The molecule has 0 unspecified atom stereocenters. The molecule has 0 bridgehead atoms. The lowest BCUT2D eigenvalue weighted by atomic mass is 9.76. The molecule has 3 N–H and O–H groups in total. The average Bonchev–Trinajstić information content (AvgIpc) is 2.53. The summed E-state index contributed by atoms with van der Waals surface area (Å²) >= 11 is 0. The Morgan fingerprint density at radius 1 is 1.24 bits per heavy atom. The van der Waals surface area contributed by atoms with Crippen molar-refractivity contribution in [1.29, 1.82) is 0 Å². The molecule has 0 aliphatic carbocycles. The van der Waals surface area contributed by atoms with Gasteiger partial charge in [0.05, 0.1) is 0 Å². The van der Waals surface area contributed by atoms with Crippen LogP contribution in [0.4, 0.5) is 5.69 Å². The number of nitrogens with two attached hydrogens (primary N) is 1. The monoisotopic (exact) mass is 291 g/mol. The zero-order valence-corrected chi connectivity index (χ0v) is 13.0. The highest BCUT2D eigenvalue weighted by atomic mass is 16.4. The molecule has 1 aromatic carbocycles. The molecule has 0 aliphatic rings. The average molecular weight is 291 g/mol. The molecular formula is C16H25N3O2. The van der Waals surface area contributed by atoms with E-state index in [0.717, 1.165) is 18.5 Å². The number of carbonyl (C=O) groups is 1. The van der Waals surface area contributed by atoms with Crippen LogP contribution in [0.3, 0.4) is 0 Å². The Hall–Kier alpha value is -2.04. The van der Waals surface area contributed by atoms with Crippen LogP contribution in [0, 0.1) is 5.41 Å². The minimum absolute atomic E-state index is 0.000943. The van der Waals surface area contributed by atoms with Crippen molar-refractivity contribution in [3.8, 4) is 0 Å². The van der Waals surface area contributed by atoms with Crippen LogP contribution in [0.15, 0.2) is 35.5 Å². The summed E-state index contributed by atoms with van der Waals surface area (Å²) in [5.41, 5.74) is 5.75. The van der Waals surface area contributed by atoms with E-state index in [9.17, 15) is 4.79 Å². The third kappa shape index (κ3) is 3.54. The largest absolute Gasteiger partial charge is 0.409 e. The van der Waals surface area contributed by atoms with Crippen LogP contribution in [0.25, 0.3) is 0 Å². The minimum Gasteiger partial charge on any atom is -0.409 e. The first-order valence-electron chi connectivity index (χ1n) is 7.34. The number of hydrogen-bond donors (Lipinski definition) is 2. The van der Waals surface area contributed by atoms with Gasteiger partial charge in [-0.05, 0) is 25.0 Å². The molecule has 0 fully saturated rings. The van der Waals surface area contributed by atoms with Gasteiger partial charge in [-0.25, -0.2) is 0 Å². The second-order valence-corrected chi connectivity index (χ2v) is 5.27. The molecule has 0 aliphatic heterocycles. The van der Waals surface area contributed by atoms with Crippen LogP contribution in [-0.4, -0.2) is 24.0 Å². The first kappa shape index (κ1) is 17.0. The van der Waals surface area contributed by atoms with Crippen molar-refractivity contribution < 1.29 is 10.0 Å². The van der Waals surface area contributed by atoms with Crippen molar-refractivity contribution in [2.45, 2.75) is 39.5 Å². The maximum atomic E-state index is 13.0. The predicted octanol–water partition coefficient (Wildman–Crippen LogP) is 2.98. The van der Waals surface area contributed by atoms with Crippen LogP contribution in [0.2, 0.25) is 0 Å². The minimum atomic E-state index is -0.942. The molecule has 1 aromatic rings.